The maximum Gasteiger partial charge on any atom is 0.410 e. The third kappa shape index (κ3) is 4.51. The maximum absolute atomic E-state index is 12.5. The summed E-state index contributed by atoms with van der Waals surface area (Å²) >= 11 is 0. The lowest BCUT2D eigenvalue weighted by molar-refractivity contribution is 0.0264. The maximum atomic E-state index is 12.5. The number of benzene rings is 2. The molecule has 1 aliphatic carbocycles. The average molecular weight is 506 g/mol. The van der Waals surface area contributed by atoms with E-state index in [4.69, 9.17) is 14.8 Å². The van der Waals surface area contributed by atoms with Crippen LogP contribution >= 0.6 is 0 Å². The standard InChI is InChI=1S/C31H31N5O2/c1-19-5-9-22(10-6-19)29-23(21-11-7-20(14-32)8-12-21)13-28-27(34-29)15-33-36(28)18-26-24-16-35(17-25(24)26)30(37)38-31(2,3)4/h5-13,15,24-26H,16-18H2,1-4H3/t24-,25+,26?. The summed E-state index contributed by atoms with van der Waals surface area (Å²) in [5.41, 5.74) is 7.18. The highest BCUT2D eigenvalue weighted by Crippen LogP contribution is 2.53. The van der Waals surface area contributed by atoms with Gasteiger partial charge in [0.05, 0.1) is 29.0 Å². The minimum absolute atomic E-state index is 0.215. The van der Waals surface area contributed by atoms with Crippen molar-refractivity contribution in [2.45, 2.75) is 39.8 Å². The number of amides is 1. The first kappa shape index (κ1) is 24.2. The third-order valence-electron chi connectivity index (χ3n) is 7.69. The Bertz CT molecular complexity index is 1550. The molecule has 7 heteroatoms. The Morgan fingerprint density at radius 2 is 1.71 bits per heavy atom. The fourth-order valence-electron chi connectivity index (χ4n) is 5.62. The molecule has 38 heavy (non-hydrogen) atoms. The van der Waals surface area contributed by atoms with E-state index in [2.05, 4.69) is 48.0 Å². The molecule has 3 heterocycles. The predicted molar refractivity (Wildman–Crippen MR) is 146 cm³/mol. The van der Waals surface area contributed by atoms with E-state index in [1.807, 2.05) is 56.1 Å². The fraction of sp³-hybridized carbons (Fsp3) is 0.355. The van der Waals surface area contributed by atoms with Crippen LogP contribution in [0.3, 0.4) is 0 Å². The molecule has 192 valence electrons. The first-order valence-corrected chi connectivity index (χ1v) is 13.1. The minimum Gasteiger partial charge on any atom is -0.444 e. The van der Waals surface area contributed by atoms with Gasteiger partial charge in [-0.3, -0.25) is 4.68 Å². The number of ether oxygens (including phenoxy) is 1. The van der Waals surface area contributed by atoms with Crippen LogP contribution < -0.4 is 0 Å². The number of hydrogen-bond acceptors (Lipinski definition) is 5. The van der Waals surface area contributed by atoms with Gasteiger partial charge in [-0.1, -0.05) is 42.0 Å². The van der Waals surface area contributed by atoms with E-state index in [0.717, 1.165) is 53.1 Å². The summed E-state index contributed by atoms with van der Waals surface area (Å²) in [6.45, 7) is 10.1. The molecule has 1 aliphatic heterocycles. The number of rotatable bonds is 4. The van der Waals surface area contributed by atoms with Gasteiger partial charge in [0, 0.05) is 30.8 Å². The zero-order valence-corrected chi connectivity index (χ0v) is 22.2. The van der Waals surface area contributed by atoms with Crippen LogP contribution in [0.2, 0.25) is 0 Å². The number of fused-ring (bicyclic) bond motifs is 2. The van der Waals surface area contributed by atoms with Gasteiger partial charge in [0.15, 0.2) is 0 Å². The zero-order valence-electron chi connectivity index (χ0n) is 22.2. The number of aryl methyl sites for hydroxylation is 1. The molecular formula is C31H31N5O2. The van der Waals surface area contributed by atoms with Crippen LogP contribution in [0.4, 0.5) is 4.79 Å². The Hall–Kier alpha value is -4.18. The fourth-order valence-corrected chi connectivity index (χ4v) is 5.62. The SMILES string of the molecule is Cc1ccc(-c2nc3cnn(CC4[C@H]5CN(C(=O)OC(C)(C)C)C[C@@H]45)c3cc2-c2ccc(C#N)cc2)cc1. The van der Waals surface area contributed by atoms with Crippen molar-refractivity contribution in [2.24, 2.45) is 17.8 Å². The minimum atomic E-state index is -0.478. The Labute approximate surface area is 222 Å². The van der Waals surface area contributed by atoms with Crippen LogP contribution in [0.5, 0.6) is 0 Å². The Morgan fingerprint density at radius 1 is 1.05 bits per heavy atom. The second-order valence-electron chi connectivity index (χ2n) is 11.5. The lowest BCUT2D eigenvalue weighted by Crippen LogP contribution is -2.37. The smallest absolute Gasteiger partial charge is 0.410 e. The van der Waals surface area contributed by atoms with Crippen LogP contribution in [-0.4, -0.2) is 44.4 Å². The molecule has 2 aromatic heterocycles. The van der Waals surface area contributed by atoms with E-state index in [9.17, 15) is 10.1 Å². The number of hydrogen-bond donors (Lipinski definition) is 0. The van der Waals surface area contributed by atoms with Crippen molar-refractivity contribution in [3.05, 3.63) is 71.9 Å². The summed E-state index contributed by atoms with van der Waals surface area (Å²) in [4.78, 5) is 19.4. The first-order chi connectivity index (χ1) is 18.2. The molecule has 2 aliphatic rings. The van der Waals surface area contributed by atoms with Crippen LogP contribution in [0.15, 0.2) is 60.8 Å². The lowest BCUT2D eigenvalue weighted by atomic mass is 9.97. The largest absolute Gasteiger partial charge is 0.444 e. The van der Waals surface area contributed by atoms with Crippen molar-refractivity contribution >= 4 is 17.1 Å². The number of piperidine rings is 1. The highest BCUT2D eigenvalue weighted by molar-refractivity contribution is 5.90. The van der Waals surface area contributed by atoms with Crippen LogP contribution in [0.25, 0.3) is 33.4 Å². The predicted octanol–water partition coefficient (Wildman–Crippen LogP) is 6.06. The molecule has 1 saturated heterocycles. The normalized spacial score (nSPS) is 20.3. The van der Waals surface area contributed by atoms with E-state index in [1.54, 1.807) is 0 Å². The highest BCUT2D eigenvalue weighted by Gasteiger charge is 2.57. The van der Waals surface area contributed by atoms with E-state index >= 15 is 0 Å². The summed E-state index contributed by atoms with van der Waals surface area (Å²) in [6.07, 6.45) is 1.63. The van der Waals surface area contributed by atoms with Crippen LogP contribution in [0.1, 0.15) is 31.9 Å². The zero-order chi connectivity index (χ0) is 26.6. The van der Waals surface area contributed by atoms with Crippen LogP contribution in [0, 0.1) is 36.0 Å². The number of likely N-dealkylation sites (tertiary alicyclic amines) is 1. The molecule has 0 radical (unpaired) electrons. The molecule has 3 atom stereocenters. The van der Waals surface area contributed by atoms with E-state index in [0.29, 0.717) is 23.3 Å². The highest BCUT2D eigenvalue weighted by atomic mass is 16.6. The second kappa shape index (κ2) is 8.98. The van der Waals surface area contributed by atoms with Gasteiger partial charge in [-0.15, -0.1) is 0 Å². The van der Waals surface area contributed by atoms with Crippen molar-refractivity contribution in [3.8, 4) is 28.5 Å². The van der Waals surface area contributed by atoms with Gasteiger partial charge in [0.1, 0.15) is 11.1 Å². The molecule has 1 amide bonds. The number of nitrogens with zero attached hydrogens (tertiary/aromatic N) is 5. The average Bonchev–Trinajstić information content (AvgIpc) is 3.20. The van der Waals surface area contributed by atoms with E-state index in [-0.39, 0.29) is 6.09 Å². The quantitative estimate of drug-likeness (QED) is 0.337. The molecule has 1 saturated carbocycles. The molecule has 1 unspecified atom stereocenters. The summed E-state index contributed by atoms with van der Waals surface area (Å²) in [7, 11) is 0. The molecule has 2 fully saturated rings. The number of carbonyl (C=O) groups is 1. The van der Waals surface area contributed by atoms with E-state index in [1.165, 1.54) is 5.56 Å². The van der Waals surface area contributed by atoms with Crippen LogP contribution in [-0.2, 0) is 11.3 Å². The van der Waals surface area contributed by atoms with Gasteiger partial charge >= 0.3 is 6.09 Å². The molecule has 0 N–H and O–H groups in total. The third-order valence-corrected chi connectivity index (χ3v) is 7.69. The molecule has 4 aromatic rings. The van der Waals surface area contributed by atoms with Crippen molar-refractivity contribution < 1.29 is 9.53 Å². The topological polar surface area (TPSA) is 84.0 Å². The number of pyridine rings is 1. The van der Waals surface area contributed by atoms with Gasteiger partial charge in [-0.2, -0.15) is 10.4 Å². The number of nitriles is 1. The first-order valence-electron chi connectivity index (χ1n) is 13.1. The van der Waals surface area contributed by atoms with Gasteiger partial charge in [0.25, 0.3) is 0 Å². The van der Waals surface area contributed by atoms with Crippen molar-refractivity contribution in [1.29, 1.82) is 5.26 Å². The van der Waals surface area contributed by atoms with Gasteiger partial charge in [-0.05, 0) is 69.2 Å². The number of carbonyl (C=O) groups excluding carboxylic acids is 1. The van der Waals surface area contributed by atoms with Crippen molar-refractivity contribution in [1.82, 2.24) is 19.7 Å². The van der Waals surface area contributed by atoms with E-state index < -0.39 is 5.60 Å². The van der Waals surface area contributed by atoms with Gasteiger partial charge in [0.2, 0.25) is 0 Å². The molecule has 7 nitrogen and oxygen atoms in total. The lowest BCUT2D eigenvalue weighted by Gasteiger charge is -2.26. The monoisotopic (exact) mass is 505 g/mol. The second-order valence-corrected chi connectivity index (χ2v) is 11.5. The molecule has 6 rings (SSSR count). The summed E-state index contributed by atoms with van der Waals surface area (Å²) in [6, 6.07) is 20.4. The Balaban J connectivity index is 1.28. The summed E-state index contributed by atoms with van der Waals surface area (Å²) < 4.78 is 7.62. The Kier molecular flexibility index (Phi) is 5.71. The van der Waals surface area contributed by atoms with Gasteiger partial charge < -0.3 is 9.64 Å². The number of aromatic nitrogens is 3. The summed E-state index contributed by atoms with van der Waals surface area (Å²) in [5, 5.41) is 14.0. The Morgan fingerprint density at radius 3 is 2.34 bits per heavy atom. The summed E-state index contributed by atoms with van der Waals surface area (Å²) in [5.74, 6) is 1.46. The van der Waals surface area contributed by atoms with Crippen molar-refractivity contribution in [3.63, 3.8) is 0 Å². The molecular weight excluding hydrogens is 474 g/mol. The molecule has 2 aromatic carbocycles. The molecule has 0 spiro atoms. The van der Waals surface area contributed by atoms with Crippen molar-refractivity contribution in [2.75, 3.05) is 13.1 Å². The molecule has 0 bridgehead atoms. The van der Waals surface area contributed by atoms with Gasteiger partial charge in [-0.25, -0.2) is 9.78 Å².